The van der Waals surface area contributed by atoms with Crippen molar-refractivity contribution in [3.05, 3.63) is 72.0 Å². The molecular formula is C20H22OS. The minimum Gasteiger partial charge on any atom is -0.460 e. The summed E-state index contributed by atoms with van der Waals surface area (Å²) in [5, 5.41) is 1.61. The third-order valence-electron chi connectivity index (χ3n) is 3.74. The van der Waals surface area contributed by atoms with Crippen molar-refractivity contribution in [2.24, 2.45) is 5.92 Å². The Morgan fingerprint density at radius 1 is 0.955 bits per heavy atom. The van der Waals surface area contributed by atoms with E-state index in [1.165, 1.54) is 10.9 Å². The molecule has 0 aliphatic carbocycles. The molecule has 0 spiro atoms. The van der Waals surface area contributed by atoms with Gasteiger partial charge in [-0.25, -0.2) is 0 Å². The fourth-order valence-corrected chi connectivity index (χ4v) is 4.01. The second-order valence-electron chi connectivity index (χ2n) is 6.10. The van der Waals surface area contributed by atoms with Crippen LogP contribution in [0.2, 0.25) is 0 Å². The second kappa shape index (κ2) is 7.06. The first-order chi connectivity index (χ1) is 10.7. The van der Waals surface area contributed by atoms with E-state index >= 15 is 0 Å². The summed E-state index contributed by atoms with van der Waals surface area (Å²) in [5.74, 6) is 2.78. The van der Waals surface area contributed by atoms with Crippen molar-refractivity contribution in [2.45, 2.75) is 31.3 Å². The minimum absolute atomic E-state index is 0.410. The van der Waals surface area contributed by atoms with E-state index in [9.17, 15) is 0 Å². The van der Waals surface area contributed by atoms with Crippen LogP contribution >= 0.6 is 11.8 Å². The Morgan fingerprint density at radius 2 is 1.68 bits per heavy atom. The zero-order valence-electron chi connectivity index (χ0n) is 13.2. The molecule has 3 aromatic rings. The topological polar surface area (TPSA) is 13.1 Å². The van der Waals surface area contributed by atoms with Gasteiger partial charge in [-0.2, -0.15) is 0 Å². The summed E-state index contributed by atoms with van der Waals surface area (Å²) < 4.78 is 6.10. The van der Waals surface area contributed by atoms with Crippen LogP contribution < -0.4 is 0 Å². The van der Waals surface area contributed by atoms with E-state index in [2.05, 4.69) is 62.4 Å². The molecule has 0 amide bonds. The molecule has 3 rings (SSSR count). The number of hydrogen-bond donors (Lipinski definition) is 0. The quantitative estimate of drug-likeness (QED) is 0.518. The number of para-hydroxylation sites is 1. The average Bonchev–Trinajstić information content (AvgIpc) is 2.96. The lowest BCUT2D eigenvalue weighted by atomic mass is 10.1. The van der Waals surface area contributed by atoms with Crippen LogP contribution in [-0.2, 0) is 5.75 Å². The van der Waals surface area contributed by atoms with Crippen LogP contribution in [0.5, 0.6) is 0 Å². The molecule has 0 saturated heterocycles. The molecule has 1 aromatic heterocycles. The van der Waals surface area contributed by atoms with Crippen LogP contribution in [0.25, 0.3) is 11.0 Å². The van der Waals surface area contributed by atoms with Crippen molar-refractivity contribution < 1.29 is 4.42 Å². The SMILES string of the molecule is CC(C)CC(SCc1ccccc1)c1cc2ccccc2o1. The number of thioether (sulfide) groups is 1. The summed E-state index contributed by atoms with van der Waals surface area (Å²) in [7, 11) is 0. The van der Waals surface area contributed by atoms with Gasteiger partial charge >= 0.3 is 0 Å². The lowest BCUT2D eigenvalue weighted by Gasteiger charge is -2.16. The van der Waals surface area contributed by atoms with Crippen molar-refractivity contribution in [1.29, 1.82) is 0 Å². The number of benzene rings is 2. The van der Waals surface area contributed by atoms with E-state index in [1.807, 2.05) is 23.9 Å². The third kappa shape index (κ3) is 3.75. The molecule has 0 fully saturated rings. The first-order valence-corrected chi connectivity index (χ1v) is 8.91. The van der Waals surface area contributed by atoms with E-state index in [-0.39, 0.29) is 0 Å². The molecule has 22 heavy (non-hydrogen) atoms. The van der Waals surface area contributed by atoms with E-state index in [0.717, 1.165) is 23.5 Å². The fraction of sp³-hybridized carbons (Fsp3) is 0.300. The molecule has 0 N–H and O–H groups in total. The largest absolute Gasteiger partial charge is 0.460 e. The summed E-state index contributed by atoms with van der Waals surface area (Å²) in [6, 6.07) is 21.1. The van der Waals surface area contributed by atoms with Crippen molar-refractivity contribution in [2.75, 3.05) is 0 Å². The molecule has 1 nitrogen and oxygen atoms in total. The molecule has 0 aliphatic heterocycles. The normalized spacial score (nSPS) is 12.9. The van der Waals surface area contributed by atoms with Gasteiger partial charge in [-0.1, -0.05) is 62.4 Å². The molecule has 0 saturated carbocycles. The zero-order valence-corrected chi connectivity index (χ0v) is 14.0. The second-order valence-corrected chi connectivity index (χ2v) is 7.29. The molecular weight excluding hydrogens is 288 g/mol. The Labute approximate surface area is 136 Å². The Kier molecular flexibility index (Phi) is 4.89. The van der Waals surface area contributed by atoms with E-state index in [0.29, 0.717) is 11.2 Å². The van der Waals surface area contributed by atoms with Gasteiger partial charge in [0.1, 0.15) is 11.3 Å². The van der Waals surface area contributed by atoms with Gasteiger partial charge in [0.05, 0.1) is 5.25 Å². The van der Waals surface area contributed by atoms with Gasteiger partial charge in [0.25, 0.3) is 0 Å². The van der Waals surface area contributed by atoms with Gasteiger partial charge in [-0.15, -0.1) is 11.8 Å². The molecule has 2 heteroatoms. The summed E-state index contributed by atoms with van der Waals surface area (Å²) >= 11 is 1.98. The van der Waals surface area contributed by atoms with Gasteiger partial charge < -0.3 is 4.42 Å². The van der Waals surface area contributed by atoms with Crippen LogP contribution in [0.15, 0.2) is 65.1 Å². The Morgan fingerprint density at radius 3 is 2.41 bits per heavy atom. The lowest BCUT2D eigenvalue weighted by Crippen LogP contribution is -1.99. The van der Waals surface area contributed by atoms with Crippen LogP contribution in [-0.4, -0.2) is 0 Å². The predicted molar refractivity (Wildman–Crippen MR) is 96.1 cm³/mol. The van der Waals surface area contributed by atoms with E-state index in [4.69, 9.17) is 4.42 Å². The highest BCUT2D eigenvalue weighted by atomic mass is 32.2. The van der Waals surface area contributed by atoms with Crippen LogP contribution in [0.4, 0.5) is 0 Å². The highest BCUT2D eigenvalue weighted by molar-refractivity contribution is 7.98. The minimum atomic E-state index is 0.410. The first kappa shape index (κ1) is 15.2. The highest BCUT2D eigenvalue weighted by Gasteiger charge is 2.18. The van der Waals surface area contributed by atoms with Crippen LogP contribution in [0.3, 0.4) is 0 Å². The molecule has 114 valence electrons. The monoisotopic (exact) mass is 310 g/mol. The Bertz CT molecular complexity index is 682. The number of furan rings is 1. The number of rotatable bonds is 6. The molecule has 0 aliphatic rings. The van der Waals surface area contributed by atoms with Crippen molar-refractivity contribution in [3.8, 4) is 0 Å². The van der Waals surface area contributed by atoms with Gasteiger partial charge in [0.15, 0.2) is 0 Å². The first-order valence-electron chi connectivity index (χ1n) is 7.86. The van der Waals surface area contributed by atoms with E-state index in [1.54, 1.807) is 0 Å². The third-order valence-corrected chi connectivity index (χ3v) is 5.07. The molecule has 0 bridgehead atoms. The maximum absolute atomic E-state index is 6.10. The van der Waals surface area contributed by atoms with Crippen molar-refractivity contribution >= 4 is 22.7 Å². The van der Waals surface area contributed by atoms with Gasteiger partial charge in [-0.05, 0) is 30.0 Å². The maximum Gasteiger partial charge on any atom is 0.134 e. The lowest BCUT2D eigenvalue weighted by molar-refractivity contribution is 0.492. The van der Waals surface area contributed by atoms with Gasteiger partial charge in [0.2, 0.25) is 0 Å². The van der Waals surface area contributed by atoms with Crippen molar-refractivity contribution in [1.82, 2.24) is 0 Å². The summed E-state index contributed by atoms with van der Waals surface area (Å²) in [5.41, 5.74) is 2.36. The summed E-state index contributed by atoms with van der Waals surface area (Å²) in [6.45, 7) is 4.55. The average molecular weight is 310 g/mol. The van der Waals surface area contributed by atoms with Crippen LogP contribution in [0, 0.1) is 5.92 Å². The zero-order chi connectivity index (χ0) is 15.4. The van der Waals surface area contributed by atoms with Crippen LogP contribution in [0.1, 0.15) is 36.8 Å². The summed E-state index contributed by atoms with van der Waals surface area (Å²) in [6.07, 6.45) is 1.14. The molecule has 2 aromatic carbocycles. The molecule has 1 heterocycles. The van der Waals surface area contributed by atoms with Crippen molar-refractivity contribution in [3.63, 3.8) is 0 Å². The number of fused-ring (bicyclic) bond motifs is 1. The van der Waals surface area contributed by atoms with Gasteiger partial charge in [0, 0.05) is 11.1 Å². The summed E-state index contributed by atoms with van der Waals surface area (Å²) in [4.78, 5) is 0. The smallest absolute Gasteiger partial charge is 0.134 e. The molecule has 1 unspecified atom stereocenters. The molecule has 1 atom stereocenters. The standard InChI is InChI=1S/C20H22OS/c1-15(2)12-20(22-14-16-8-4-3-5-9-16)19-13-17-10-6-7-11-18(17)21-19/h3-11,13,15,20H,12,14H2,1-2H3. The Hall–Kier alpha value is -1.67. The Balaban J connectivity index is 1.79. The van der Waals surface area contributed by atoms with E-state index < -0.39 is 0 Å². The van der Waals surface area contributed by atoms with Gasteiger partial charge in [-0.3, -0.25) is 0 Å². The number of hydrogen-bond acceptors (Lipinski definition) is 2. The highest BCUT2D eigenvalue weighted by Crippen LogP contribution is 2.39. The predicted octanol–water partition coefficient (Wildman–Crippen LogP) is 6.45. The maximum atomic E-state index is 6.10. The molecule has 0 radical (unpaired) electrons. The fourth-order valence-electron chi connectivity index (χ4n) is 2.63.